The molecule has 230 valence electrons. The lowest BCUT2D eigenvalue weighted by atomic mass is 10.2. The van der Waals surface area contributed by atoms with Crippen LogP contribution in [0.1, 0.15) is 21.6 Å². The molecule has 1 aromatic carbocycles. The van der Waals surface area contributed by atoms with E-state index in [4.69, 9.17) is 21.6 Å². The molecule has 4 aromatic rings. The Bertz CT molecular complexity index is 1860. The maximum Gasteiger partial charge on any atom is 0.490 e. The van der Waals surface area contributed by atoms with Crippen LogP contribution >= 0.6 is 11.6 Å². The van der Waals surface area contributed by atoms with Crippen LogP contribution in [0, 0.1) is 11.3 Å². The van der Waals surface area contributed by atoms with Crippen molar-refractivity contribution < 1.29 is 45.4 Å². The summed E-state index contributed by atoms with van der Waals surface area (Å²) in [4.78, 5) is 42.9. The minimum Gasteiger partial charge on any atom is -0.451 e. The Morgan fingerprint density at radius 3 is 2.45 bits per heavy atom. The van der Waals surface area contributed by atoms with Crippen molar-refractivity contribution in [2.24, 2.45) is 0 Å². The Hall–Kier alpha value is -4.95. The van der Waals surface area contributed by atoms with Crippen LogP contribution in [0.2, 0.25) is 5.02 Å². The van der Waals surface area contributed by atoms with E-state index in [2.05, 4.69) is 14.8 Å². The lowest BCUT2D eigenvalue weighted by Gasteiger charge is -2.23. The van der Waals surface area contributed by atoms with E-state index in [0.29, 0.717) is 10.7 Å². The van der Waals surface area contributed by atoms with Crippen LogP contribution in [0.3, 0.4) is 0 Å². The zero-order valence-electron chi connectivity index (χ0n) is 22.3. The van der Waals surface area contributed by atoms with Gasteiger partial charge in [0.2, 0.25) is 12.0 Å². The maximum absolute atomic E-state index is 13.8. The third-order valence-electron chi connectivity index (χ3n) is 5.82. The Morgan fingerprint density at radius 2 is 1.84 bits per heavy atom. The second kappa shape index (κ2) is 12.0. The molecule has 0 spiro atoms. The van der Waals surface area contributed by atoms with Crippen molar-refractivity contribution >= 4 is 34.5 Å². The number of nitriles is 1. The maximum atomic E-state index is 13.8. The topological polar surface area (TPSA) is 132 Å². The van der Waals surface area contributed by atoms with Crippen molar-refractivity contribution in [1.29, 1.82) is 5.26 Å². The van der Waals surface area contributed by atoms with E-state index in [1.807, 2.05) is 0 Å². The van der Waals surface area contributed by atoms with E-state index >= 15 is 0 Å². The van der Waals surface area contributed by atoms with Crippen LogP contribution in [0.25, 0.3) is 11.0 Å². The van der Waals surface area contributed by atoms with Crippen molar-refractivity contribution in [2.45, 2.75) is 25.1 Å². The molecule has 0 bridgehead atoms. The molecule has 0 aliphatic heterocycles. The predicted molar refractivity (Wildman–Crippen MR) is 139 cm³/mol. The lowest BCUT2D eigenvalue weighted by Crippen LogP contribution is -2.45. The van der Waals surface area contributed by atoms with Gasteiger partial charge in [0.25, 0.3) is 5.56 Å². The molecular weight excluding hydrogens is 626 g/mol. The summed E-state index contributed by atoms with van der Waals surface area (Å²) in [6.45, 7) is -0.566. The number of esters is 1. The average molecular weight is 643 g/mol. The van der Waals surface area contributed by atoms with Gasteiger partial charge in [-0.3, -0.25) is 14.5 Å². The third-order valence-corrected chi connectivity index (χ3v) is 6.04. The summed E-state index contributed by atoms with van der Waals surface area (Å²) in [5.41, 5.74) is -3.10. The molecule has 0 radical (unpaired) electrons. The van der Waals surface area contributed by atoms with Crippen LogP contribution in [-0.2, 0) is 22.3 Å². The largest absolute Gasteiger partial charge is 0.490 e. The molecular formula is C26H17ClF6N6O5. The number of halogens is 7. The molecule has 0 saturated carbocycles. The smallest absolute Gasteiger partial charge is 0.451 e. The summed E-state index contributed by atoms with van der Waals surface area (Å²) in [7, 11) is 2.32. The van der Waals surface area contributed by atoms with E-state index in [1.165, 1.54) is 24.4 Å². The summed E-state index contributed by atoms with van der Waals surface area (Å²) < 4.78 is 91.0. The van der Waals surface area contributed by atoms with Crippen LogP contribution in [0.5, 0.6) is 11.5 Å². The number of hydrogen-bond acceptors (Lipinski definition) is 9. The normalized spacial score (nSPS) is 12.7. The quantitative estimate of drug-likeness (QED) is 0.161. The molecule has 3 aromatic heterocycles. The zero-order chi connectivity index (χ0) is 32.6. The number of carbonyl (C=O) groups is 2. The van der Waals surface area contributed by atoms with Crippen molar-refractivity contribution in [3.63, 3.8) is 0 Å². The van der Waals surface area contributed by atoms with Crippen LogP contribution in [0.4, 0.5) is 26.3 Å². The predicted octanol–water partition coefficient (Wildman–Crippen LogP) is 4.61. The molecule has 0 aliphatic carbocycles. The number of alkyl halides is 6. The number of rotatable bonds is 7. The average Bonchev–Trinajstić information content (AvgIpc) is 3.30. The van der Waals surface area contributed by atoms with E-state index in [9.17, 15) is 40.7 Å². The molecule has 0 fully saturated rings. The molecule has 0 saturated heterocycles. The van der Waals surface area contributed by atoms with Gasteiger partial charge in [-0.1, -0.05) is 11.6 Å². The molecule has 44 heavy (non-hydrogen) atoms. The SMILES string of the molecule is CN(C)C(OC(=O)C(F)(F)F)C(=O)n1nc(Cn2ccc(C(F)(F)F)c(Oc3cc(Cl)cc(C#N)c3)c2=O)c2cccnc21. The zero-order valence-corrected chi connectivity index (χ0v) is 23.0. The van der Waals surface area contributed by atoms with E-state index in [0.717, 1.165) is 41.9 Å². The summed E-state index contributed by atoms with van der Waals surface area (Å²) in [6, 6.07) is 8.51. The molecule has 3 heterocycles. The Morgan fingerprint density at radius 1 is 1.14 bits per heavy atom. The molecule has 1 atom stereocenters. The van der Waals surface area contributed by atoms with Gasteiger partial charge in [-0.15, -0.1) is 0 Å². The highest BCUT2D eigenvalue weighted by atomic mass is 35.5. The molecule has 0 N–H and O–H groups in total. The number of nitrogens with zero attached hydrogens (tertiary/aromatic N) is 6. The highest BCUT2D eigenvalue weighted by Gasteiger charge is 2.44. The summed E-state index contributed by atoms with van der Waals surface area (Å²) in [5, 5.41) is 13.2. The van der Waals surface area contributed by atoms with E-state index in [-0.39, 0.29) is 33.1 Å². The third kappa shape index (κ3) is 6.66. The van der Waals surface area contributed by atoms with Crippen molar-refractivity contribution in [2.75, 3.05) is 14.1 Å². The molecule has 1 unspecified atom stereocenters. The highest BCUT2D eigenvalue weighted by molar-refractivity contribution is 6.30. The summed E-state index contributed by atoms with van der Waals surface area (Å²) >= 11 is 5.91. The number of aromatic nitrogens is 4. The number of pyridine rings is 2. The van der Waals surface area contributed by atoms with E-state index in [1.54, 1.807) is 6.07 Å². The number of ether oxygens (including phenoxy) is 2. The van der Waals surface area contributed by atoms with Gasteiger partial charge in [0.15, 0.2) is 5.65 Å². The summed E-state index contributed by atoms with van der Waals surface area (Å²) in [5.74, 6) is -5.39. The first-order valence-electron chi connectivity index (χ1n) is 12.0. The van der Waals surface area contributed by atoms with Gasteiger partial charge < -0.3 is 14.0 Å². The van der Waals surface area contributed by atoms with Gasteiger partial charge in [-0.05, 0) is 50.5 Å². The number of carbonyl (C=O) groups excluding carboxylic acids is 2. The van der Waals surface area contributed by atoms with Crippen LogP contribution < -0.4 is 10.3 Å². The fourth-order valence-corrected chi connectivity index (χ4v) is 4.12. The first kappa shape index (κ1) is 32.0. The van der Waals surface area contributed by atoms with Crippen molar-refractivity contribution in [3.8, 4) is 17.6 Å². The number of hydrogen-bond donors (Lipinski definition) is 0. The first-order valence-corrected chi connectivity index (χ1v) is 12.4. The molecule has 18 heteroatoms. The molecule has 0 aliphatic rings. The first-order chi connectivity index (χ1) is 20.5. The van der Waals surface area contributed by atoms with Gasteiger partial charge in [-0.25, -0.2) is 9.78 Å². The monoisotopic (exact) mass is 642 g/mol. The standard InChI is InChI=1S/C26H17ClF6N6O5/c1-37(2)23(44-24(42)26(31,32)33)22(41)39-20-16(4-3-6-35-20)18(36-39)12-38-7-5-17(25(28,29)30)19(21(38)40)43-15-9-13(11-34)8-14(27)10-15/h3-10,23H,12H2,1-2H3. The molecule has 11 nitrogen and oxygen atoms in total. The highest BCUT2D eigenvalue weighted by Crippen LogP contribution is 2.37. The second-order valence-electron chi connectivity index (χ2n) is 9.17. The van der Waals surface area contributed by atoms with Gasteiger partial charge in [0, 0.05) is 22.8 Å². The van der Waals surface area contributed by atoms with Gasteiger partial charge in [-0.2, -0.15) is 41.4 Å². The number of likely N-dealkylation sites (N-methyl/N-ethyl adjacent to an activating group) is 1. The minimum absolute atomic E-state index is 0.0463. The Kier molecular flexibility index (Phi) is 8.70. The molecule has 4 rings (SSSR count). The number of benzene rings is 1. The minimum atomic E-state index is -5.41. The summed E-state index contributed by atoms with van der Waals surface area (Å²) in [6.07, 6.45) is -10.5. The molecule has 0 amide bonds. The van der Waals surface area contributed by atoms with E-state index < -0.39 is 53.9 Å². The fourth-order valence-electron chi connectivity index (χ4n) is 3.90. The van der Waals surface area contributed by atoms with Gasteiger partial charge >= 0.3 is 24.2 Å². The Balaban J connectivity index is 1.79. The lowest BCUT2D eigenvalue weighted by molar-refractivity contribution is -0.208. The van der Waals surface area contributed by atoms with Crippen molar-refractivity contribution in [1.82, 2.24) is 24.2 Å². The van der Waals surface area contributed by atoms with Crippen molar-refractivity contribution in [3.05, 3.63) is 81.0 Å². The van der Waals surface area contributed by atoms with Gasteiger partial charge in [0.05, 0.1) is 23.9 Å². The second-order valence-corrected chi connectivity index (χ2v) is 9.61. The van der Waals surface area contributed by atoms with Crippen LogP contribution in [0.15, 0.2) is 53.6 Å². The van der Waals surface area contributed by atoms with Gasteiger partial charge in [0.1, 0.15) is 11.3 Å². The Labute approximate surface area is 247 Å². The van der Waals surface area contributed by atoms with Crippen LogP contribution in [-0.4, -0.2) is 62.6 Å². The fraction of sp³-hybridized carbons (Fsp3) is 0.231. The number of fused-ring (bicyclic) bond motifs is 1.